The number of aromatic nitrogens is 1. The van der Waals surface area contributed by atoms with Crippen LogP contribution < -0.4 is 19.9 Å². The second-order valence-corrected chi connectivity index (χ2v) is 9.63. The fourth-order valence-corrected chi connectivity index (χ4v) is 4.79. The summed E-state index contributed by atoms with van der Waals surface area (Å²) in [6.45, 7) is 1.35. The van der Waals surface area contributed by atoms with Gasteiger partial charge in [-0.2, -0.15) is 13.2 Å². The Kier molecular flexibility index (Phi) is 8.11. The molecule has 1 amide bonds. The first-order valence-electron chi connectivity index (χ1n) is 12.7. The van der Waals surface area contributed by atoms with Crippen LogP contribution in [0.25, 0.3) is 0 Å². The number of benzene rings is 3. The Balaban J connectivity index is 1.46. The van der Waals surface area contributed by atoms with Crippen molar-refractivity contribution in [3.8, 4) is 5.75 Å². The summed E-state index contributed by atoms with van der Waals surface area (Å²) in [5.74, 6) is 0.956. The zero-order valence-electron chi connectivity index (χ0n) is 21.4. The molecule has 0 unspecified atom stereocenters. The van der Waals surface area contributed by atoms with Crippen LogP contribution in [0.15, 0.2) is 91.1 Å². The van der Waals surface area contributed by atoms with E-state index in [4.69, 9.17) is 16.3 Å². The van der Waals surface area contributed by atoms with Gasteiger partial charge in [-0.1, -0.05) is 48.0 Å². The molecule has 0 bridgehead atoms. The number of rotatable bonds is 8. The predicted molar refractivity (Wildman–Crippen MR) is 150 cm³/mol. The number of fused-ring (bicyclic) bond motifs is 1. The molecule has 0 saturated carbocycles. The lowest BCUT2D eigenvalue weighted by Crippen LogP contribution is -2.37. The van der Waals surface area contributed by atoms with Gasteiger partial charge in [-0.05, 0) is 54.1 Å². The van der Waals surface area contributed by atoms with Gasteiger partial charge in [0, 0.05) is 30.2 Å². The zero-order valence-corrected chi connectivity index (χ0v) is 22.1. The van der Waals surface area contributed by atoms with Gasteiger partial charge in [-0.3, -0.25) is 4.79 Å². The lowest BCUT2D eigenvalue weighted by atomic mass is 10.1. The maximum atomic E-state index is 13.7. The smallest absolute Gasteiger partial charge is 0.416 e. The van der Waals surface area contributed by atoms with Crippen LogP contribution in [0.5, 0.6) is 5.75 Å². The summed E-state index contributed by atoms with van der Waals surface area (Å²) in [5.41, 5.74) is 0.905. The third-order valence-corrected chi connectivity index (χ3v) is 6.74. The molecule has 0 fully saturated rings. The molecule has 1 aliphatic heterocycles. The van der Waals surface area contributed by atoms with Crippen molar-refractivity contribution in [3.05, 3.63) is 113 Å². The van der Waals surface area contributed by atoms with Gasteiger partial charge < -0.3 is 19.9 Å². The molecular formula is C30H26ClF3N4O2. The van der Waals surface area contributed by atoms with E-state index in [0.29, 0.717) is 41.6 Å². The lowest BCUT2D eigenvalue weighted by molar-refractivity contribution is -0.138. The molecule has 40 heavy (non-hydrogen) atoms. The van der Waals surface area contributed by atoms with E-state index >= 15 is 0 Å². The molecule has 4 aromatic rings. The summed E-state index contributed by atoms with van der Waals surface area (Å²) in [6.07, 6.45) is -2.94. The minimum atomic E-state index is -4.52. The van der Waals surface area contributed by atoms with Gasteiger partial charge in [0.2, 0.25) is 0 Å². The Morgan fingerprint density at radius 2 is 1.75 bits per heavy atom. The fraction of sp³-hybridized carbons (Fsp3) is 0.200. The van der Waals surface area contributed by atoms with E-state index in [0.717, 1.165) is 6.07 Å². The Morgan fingerprint density at radius 3 is 2.48 bits per heavy atom. The monoisotopic (exact) mass is 566 g/mol. The number of pyridine rings is 1. The number of alkyl halides is 3. The first-order valence-corrected chi connectivity index (χ1v) is 13.1. The van der Waals surface area contributed by atoms with Crippen LogP contribution in [-0.2, 0) is 12.7 Å². The molecule has 0 saturated heterocycles. The van der Waals surface area contributed by atoms with Gasteiger partial charge >= 0.3 is 6.18 Å². The van der Waals surface area contributed by atoms with Crippen molar-refractivity contribution in [2.45, 2.75) is 12.7 Å². The average Bonchev–Trinajstić information content (AvgIpc) is 2.95. The van der Waals surface area contributed by atoms with E-state index in [1.807, 2.05) is 41.3 Å². The minimum absolute atomic E-state index is 0.0288. The third-order valence-electron chi connectivity index (χ3n) is 6.51. The van der Waals surface area contributed by atoms with Crippen LogP contribution >= 0.6 is 11.6 Å². The molecule has 206 valence electrons. The van der Waals surface area contributed by atoms with Gasteiger partial charge in [0.25, 0.3) is 5.91 Å². The van der Waals surface area contributed by atoms with E-state index in [1.54, 1.807) is 41.4 Å². The molecular weight excluding hydrogens is 541 g/mol. The SMILES string of the molecule is O=C(c1ccccc1)N(CCOc1ccccc1)c1cnc2c(c1)N(Cc1cc(Cl)ccc1C(F)(F)F)CCN2. The summed E-state index contributed by atoms with van der Waals surface area (Å²) in [7, 11) is 0. The standard InChI is InChI=1S/C30H26ClF3N4O2/c31-23-11-12-26(30(32,33)34)22(17-23)20-37-14-13-35-28-27(37)18-24(19-36-28)38(29(39)21-7-3-1-4-8-21)15-16-40-25-9-5-2-6-10-25/h1-12,17-19H,13-16,20H2,(H,35,36). The quantitative estimate of drug-likeness (QED) is 0.251. The zero-order chi connectivity index (χ0) is 28.1. The van der Waals surface area contributed by atoms with Crippen molar-refractivity contribution in [2.24, 2.45) is 0 Å². The number of amides is 1. The van der Waals surface area contributed by atoms with Crippen LogP contribution in [-0.4, -0.2) is 37.1 Å². The van der Waals surface area contributed by atoms with Crippen LogP contribution in [0.4, 0.5) is 30.4 Å². The summed E-state index contributed by atoms with van der Waals surface area (Å²) in [6, 6.07) is 23.5. The molecule has 2 heterocycles. The molecule has 10 heteroatoms. The number of para-hydroxylation sites is 1. The topological polar surface area (TPSA) is 57.7 Å². The van der Waals surface area contributed by atoms with Crippen molar-refractivity contribution < 1.29 is 22.7 Å². The van der Waals surface area contributed by atoms with Gasteiger partial charge in [0.15, 0.2) is 0 Å². The molecule has 1 aromatic heterocycles. The molecule has 3 aromatic carbocycles. The largest absolute Gasteiger partial charge is 0.492 e. The number of hydrogen-bond acceptors (Lipinski definition) is 5. The second-order valence-electron chi connectivity index (χ2n) is 9.19. The van der Waals surface area contributed by atoms with Crippen LogP contribution in [0.3, 0.4) is 0 Å². The highest BCUT2D eigenvalue weighted by atomic mass is 35.5. The summed E-state index contributed by atoms with van der Waals surface area (Å²) < 4.78 is 47.1. The third kappa shape index (κ3) is 6.31. The number of hydrogen-bond donors (Lipinski definition) is 1. The number of halogens is 4. The number of nitrogens with one attached hydrogen (secondary N) is 1. The van der Waals surface area contributed by atoms with Crippen molar-refractivity contribution in [2.75, 3.05) is 41.4 Å². The van der Waals surface area contributed by atoms with Gasteiger partial charge in [0.1, 0.15) is 18.2 Å². The van der Waals surface area contributed by atoms with Gasteiger partial charge in [-0.15, -0.1) is 0 Å². The maximum absolute atomic E-state index is 13.7. The van der Waals surface area contributed by atoms with Gasteiger partial charge in [0.05, 0.1) is 29.7 Å². The van der Waals surface area contributed by atoms with Crippen molar-refractivity contribution in [1.29, 1.82) is 0 Å². The van der Waals surface area contributed by atoms with Crippen LogP contribution in [0.1, 0.15) is 21.5 Å². The number of carbonyl (C=O) groups excluding carboxylic acids is 1. The lowest BCUT2D eigenvalue weighted by Gasteiger charge is -2.33. The van der Waals surface area contributed by atoms with Crippen molar-refractivity contribution >= 4 is 34.7 Å². The Hall–Kier alpha value is -4.24. The molecule has 5 rings (SSSR count). The highest BCUT2D eigenvalue weighted by Gasteiger charge is 2.34. The van der Waals surface area contributed by atoms with E-state index in [1.165, 1.54) is 12.1 Å². The Morgan fingerprint density at radius 1 is 1.02 bits per heavy atom. The minimum Gasteiger partial charge on any atom is -0.492 e. The normalized spacial score (nSPS) is 12.8. The number of carbonyl (C=O) groups is 1. The molecule has 6 nitrogen and oxygen atoms in total. The molecule has 0 radical (unpaired) electrons. The van der Waals surface area contributed by atoms with Crippen molar-refractivity contribution in [3.63, 3.8) is 0 Å². The first-order chi connectivity index (χ1) is 19.3. The molecule has 1 aliphatic rings. The summed E-state index contributed by atoms with van der Waals surface area (Å²) >= 11 is 6.07. The molecule has 0 atom stereocenters. The Labute approximate surface area is 235 Å². The highest BCUT2D eigenvalue weighted by molar-refractivity contribution is 6.30. The first kappa shape index (κ1) is 27.3. The van der Waals surface area contributed by atoms with E-state index in [9.17, 15) is 18.0 Å². The highest BCUT2D eigenvalue weighted by Crippen LogP contribution is 2.37. The van der Waals surface area contributed by atoms with E-state index in [-0.39, 0.29) is 36.2 Å². The van der Waals surface area contributed by atoms with Gasteiger partial charge in [-0.25, -0.2) is 4.98 Å². The second kappa shape index (κ2) is 11.9. The van der Waals surface area contributed by atoms with E-state index in [2.05, 4.69) is 10.3 Å². The summed E-state index contributed by atoms with van der Waals surface area (Å²) in [5, 5.41) is 3.42. The molecule has 0 spiro atoms. The predicted octanol–water partition coefficient (Wildman–Crippen LogP) is 6.91. The molecule has 0 aliphatic carbocycles. The molecule has 1 N–H and O–H groups in total. The number of ether oxygens (including phenoxy) is 1. The number of nitrogens with zero attached hydrogens (tertiary/aromatic N) is 3. The maximum Gasteiger partial charge on any atom is 0.416 e. The Bertz CT molecular complexity index is 1470. The van der Waals surface area contributed by atoms with Crippen LogP contribution in [0.2, 0.25) is 5.02 Å². The van der Waals surface area contributed by atoms with Crippen molar-refractivity contribution in [1.82, 2.24) is 4.98 Å². The number of anilines is 3. The van der Waals surface area contributed by atoms with E-state index < -0.39 is 11.7 Å². The average molecular weight is 567 g/mol. The fourth-order valence-electron chi connectivity index (χ4n) is 4.59. The summed E-state index contributed by atoms with van der Waals surface area (Å²) in [4.78, 5) is 21.5. The van der Waals surface area contributed by atoms with Crippen LogP contribution in [0, 0.1) is 0 Å².